The number of fused-ring (bicyclic) bond motifs is 1. The second kappa shape index (κ2) is 24.3. The quantitative estimate of drug-likeness (QED) is 0.0341. The molecule has 0 fully saturated rings. The molecule has 0 amide bonds. The summed E-state index contributed by atoms with van der Waals surface area (Å²) < 4.78 is 54.0. The van der Waals surface area contributed by atoms with E-state index in [1.807, 2.05) is 36.4 Å². The summed E-state index contributed by atoms with van der Waals surface area (Å²) >= 11 is 1.08. The molecule has 14 nitrogen and oxygen atoms in total. The van der Waals surface area contributed by atoms with Crippen LogP contribution in [-0.2, 0) is 38.1 Å². The van der Waals surface area contributed by atoms with E-state index in [1.54, 1.807) is 39.8 Å². The normalized spacial score (nSPS) is 10.8. The first kappa shape index (κ1) is 44.3. The number of carbonyl (C=O) groups excluding carboxylic acids is 4. The van der Waals surface area contributed by atoms with Crippen LogP contribution in [0.4, 0.5) is 0 Å². The molecule has 1 aromatic heterocycles. The van der Waals surface area contributed by atoms with Crippen molar-refractivity contribution in [3.8, 4) is 45.3 Å². The molecule has 0 aliphatic rings. The Labute approximate surface area is 337 Å². The largest absolute Gasteiger partial charge is 0.493 e. The minimum Gasteiger partial charge on any atom is -0.493 e. The van der Waals surface area contributed by atoms with E-state index in [2.05, 4.69) is 0 Å². The Balaban J connectivity index is 1.62. The lowest BCUT2D eigenvalue weighted by molar-refractivity contribution is -0.144. The second-order valence-corrected chi connectivity index (χ2v) is 13.0. The third kappa shape index (κ3) is 14.2. The molecular weight excluding hydrogens is 757 g/mol. The van der Waals surface area contributed by atoms with Crippen molar-refractivity contribution in [3.63, 3.8) is 0 Å². The number of hydrogen-bond acceptors (Lipinski definition) is 15. The van der Waals surface area contributed by atoms with Gasteiger partial charge in [0.25, 0.3) is 0 Å². The van der Waals surface area contributed by atoms with Crippen molar-refractivity contribution in [1.82, 2.24) is 8.75 Å². The molecule has 0 unspecified atom stereocenters. The van der Waals surface area contributed by atoms with Crippen LogP contribution in [-0.4, -0.2) is 85.5 Å². The number of aromatic nitrogens is 2. The van der Waals surface area contributed by atoms with Gasteiger partial charge in [0.15, 0.2) is 0 Å². The summed E-state index contributed by atoms with van der Waals surface area (Å²) in [6.45, 7) is 9.47. The number of esters is 4. The van der Waals surface area contributed by atoms with Crippen LogP contribution in [0.25, 0.3) is 33.3 Å². The molecule has 0 N–H and O–H groups in total. The maximum Gasteiger partial charge on any atom is 0.305 e. The standard InChI is InChI=1S/C42H52N2O12S/c1-5-49-37(45)13-9-23-53-29-17-19-31(35(27-29)55-25-11-15-39(47)51-7-3)33-21-22-34(42-41(33)43-57-44-42)32-20-18-30(54-24-10-14-38(46)50-6-2)28-36(32)56-26-12-16-40(48)52-8-4/h17-22,27-28H,5-16,23-26H2,1-4H3. The zero-order chi connectivity index (χ0) is 40.8. The Morgan fingerprint density at radius 3 is 1.11 bits per heavy atom. The Kier molecular flexibility index (Phi) is 18.8. The molecule has 4 aromatic rings. The molecule has 57 heavy (non-hydrogen) atoms. The first-order chi connectivity index (χ1) is 27.8. The van der Waals surface area contributed by atoms with E-state index in [0.29, 0.717) is 99.4 Å². The van der Waals surface area contributed by atoms with Gasteiger partial charge in [0.2, 0.25) is 0 Å². The van der Waals surface area contributed by atoms with Gasteiger partial charge in [-0.15, -0.1) is 0 Å². The van der Waals surface area contributed by atoms with E-state index in [0.717, 1.165) is 34.0 Å². The second-order valence-electron chi connectivity index (χ2n) is 12.5. The van der Waals surface area contributed by atoms with E-state index in [-0.39, 0.29) is 62.8 Å². The molecule has 0 atom stereocenters. The van der Waals surface area contributed by atoms with Crippen LogP contribution in [0.2, 0.25) is 0 Å². The summed E-state index contributed by atoms with van der Waals surface area (Å²) in [6.07, 6.45) is 2.80. The highest BCUT2D eigenvalue weighted by Gasteiger charge is 2.20. The van der Waals surface area contributed by atoms with Crippen molar-refractivity contribution < 1.29 is 57.1 Å². The first-order valence-corrected chi connectivity index (χ1v) is 20.2. The van der Waals surface area contributed by atoms with Crippen LogP contribution in [0.1, 0.15) is 79.1 Å². The molecule has 0 spiro atoms. The fraction of sp³-hybridized carbons (Fsp3) is 0.476. The van der Waals surface area contributed by atoms with E-state index in [1.165, 1.54) is 0 Å². The van der Waals surface area contributed by atoms with Crippen LogP contribution in [0.5, 0.6) is 23.0 Å². The van der Waals surface area contributed by atoms with E-state index < -0.39 is 0 Å². The number of nitrogens with zero attached hydrogens (tertiary/aromatic N) is 2. The third-order valence-corrected chi connectivity index (χ3v) is 8.81. The van der Waals surface area contributed by atoms with Gasteiger partial charge < -0.3 is 37.9 Å². The van der Waals surface area contributed by atoms with Crippen LogP contribution >= 0.6 is 11.7 Å². The van der Waals surface area contributed by atoms with Gasteiger partial charge in [0, 0.05) is 60.1 Å². The van der Waals surface area contributed by atoms with Crippen molar-refractivity contribution in [2.24, 2.45) is 0 Å². The summed E-state index contributed by atoms with van der Waals surface area (Å²) in [5, 5.41) is 0. The van der Waals surface area contributed by atoms with Gasteiger partial charge in [-0.1, -0.05) is 12.1 Å². The highest BCUT2D eigenvalue weighted by molar-refractivity contribution is 7.00. The average molecular weight is 809 g/mol. The molecule has 0 aliphatic heterocycles. The van der Waals surface area contributed by atoms with Gasteiger partial charge in [-0.05, 0) is 77.6 Å². The molecule has 0 saturated carbocycles. The molecule has 0 saturated heterocycles. The zero-order valence-electron chi connectivity index (χ0n) is 33.1. The predicted molar refractivity (Wildman–Crippen MR) is 214 cm³/mol. The topological polar surface area (TPSA) is 168 Å². The zero-order valence-corrected chi connectivity index (χ0v) is 34.0. The van der Waals surface area contributed by atoms with Crippen molar-refractivity contribution in [2.45, 2.75) is 79.1 Å². The summed E-state index contributed by atoms with van der Waals surface area (Å²) in [4.78, 5) is 47.5. The SMILES string of the molecule is CCOC(=O)CCCOc1ccc(-c2ccc(-c3ccc(OCCCC(=O)OCC)cc3OCCCC(=O)OCC)c3nsnc23)c(OCCCC(=O)OCC)c1. The van der Waals surface area contributed by atoms with E-state index in [4.69, 9.17) is 46.6 Å². The maximum absolute atomic E-state index is 12.0. The number of ether oxygens (including phenoxy) is 8. The molecule has 0 aliphatic carbocycles. The molecule has 3 aromatic carbocycles. The Bertz CT molecular complexity index is 1780. The third-order valence-electron chi connectivity index (χ3n) is 8.28. The van der Waals surface area contributed by atoms with Crippen molar-refractivity contribution in [1.29, 1.82) is 0 Å². The smallest absolute Gasteiger partial charge is 0.305 e. The molecule has 4 rings (SSSR count). The molecule has 1 heterocycles. The highest BCUT2D eigenvalue weighted by Crippen LogP contribution is 2.42. The highest BCUT2D eigenvalue weighted by atomic mass is 32.1. The van der Waals surface area contributed by atoms with E-state index >= 15 is 0 Å². The number of benzene rings is 3. The monoisotopic (exact) mass is 808 g/mol. The van der Waals surface area contributed by atoms with Crippen molar-refractivity contribution >= 4 is 46.6 Å². The Morgan fingerprint density at radius 1 is 0.456 bits per heavy atom. The maximum atomic E-state index is 12.0. The lowest BCUT2D eigenvalue weighted by atomic mass is 9.96. The Morgan fingerprint density at radius 2 is 0.772 bits per heavy atom. The molecule has 15 heteroatoms. The molecule has 0 radical (unpaired) electrons. The van der Waals surface area contributed by atoms with Crippen molar-refractivity contribution in [3.05, 3.63) is 48.5 Å². The minimum absolute atomic E-state index is 0.215. The predicted octanol–water partition coefficient (Wildman–Crippen LogP) is 7.91. The van der Waals surface area contributed by atoms with Gasteiger partial charge in [-0.2, -0.15) is 8.75 Å². The van der Waals surface area contributed by atoms with Gasteiger partial charge >= 0.3 is 23.9 Å². The summed E-state index contributed by atoms with van der Waals surface area (Å²) in [6, 6.07) is 14.9. The van der Waals surface area contributed by atoms with Gasteiger partial charge in [-0.25, -0.2) is 0 Å². The Hall–Kier alpha value is -5.44. The number of hydrogen-bond donors (Lipinski definition) is 0. The number of carbonyl (C=O) groups is 4. The molecular formula is C42H52N2O12S. The summed E-state index contributed by atoms with van der Waals surface area (Å²) in [5.74, 6) is 1.04. The molecule has 308 valence electrons. The van der Waals surface area contributed by atoms with Crippen molar-refractivity contribution in [2.75, 3.05) is 52.9 Å². The molecule has 0 bridgehead atoms. The fourth-order valence-corrected chi connectivity index (χ4v) is 6.29. The average Bonchev–Trinajstić information content (AvgIpc) is 3.70. The van der Waals surface area contributed by atoms with Gasteiger partial charge in [0.05, 0.1) is 64.6 Å². The fourth-order valence-electron chi connectivity index (χ4n) is 5.71. The minimum atomic E-state index is -0.290. The van der Waals surface area contributed by atoms with E-state index in [9.17, 15) is 19.2 Å². The summed E-state index contributed by atoms with van der Waals surface area (Å²) in [5.41, 5.74) is 4.33. The van der Waals surface area contributed by atoms with Crippen LogP contribution < -0.4 is 18.9 Å². The summed E-state index contributed by atoms with van der Waals surface area (Å²) in [7, 11) is 0. The first-order valence-electron chi connectivity index (χ1n) is 19.5. The lowest BCUT2D eigenvalue weighted by Gasteiger charge is -2.17. The van der Waals surface area contributed by atoms with Crippen LogP contribution in [0.3, 0.4) is 0 Å². The van der Waals surface area contributed by atoms with Crippen LogP contribution in [0, 0.1) is 0 Å². The van der Waals surface area contributed by atoms with Crippen LogP contribution in [0.15, 0.2) is 48.5 Å². The van der Waals surface area contributed by atoms with Gasteiger partial charge in [0.1, 0.15) is 34.0 Å². The lowest BCUT2D eigenvalue weighted by Crippen LogP contribution is -2.08. The van der Waals surface area contributed by atoms with Gasteiger partial charge in [-0.3, -0.25) is 19.2 Å². The number of rotatable bonds is 26.